The van der Waals surface area contributed by atoms with Crippen LogP contribution in [0.1, 0.15) is 30.6 Å². The zero-order chi connectivity index (χ0) is 12.3. The average Bonchev–Trinajstić information content (AvgIpc) is 2.86. The number of carbonyl (C=O) groups excluding carboxylic acids is 1. The third kappa shape index (κ3) is 2.28. The number of aromatic nitrogens is 2. The molecule has 17 heavy (non-hydrogen) atoms. The van der Waals surface area contributed by atoms with E-state index >= 15 is 0 Å². The fourth-order valence-electron chi connectivity index (χ4n) is 1.86. The minimum atomic E-state index is 0.181. The maximum atomic E-state index is 11.5. The van der Waals surface area contributed by atoms with Crippen molar-refractivity contribution in [3.8, 4) is 11.3 Å². The molecular weight excluding hydrogens is 212 g/mol. The molecule has 0 amide bonds. The Morgan fingerprint density at radius 1 is 1.18 bits per heavy atom. The van der Waals surface area contributed by atoms with Crippen molar-refractivity contribution in [2.24, 2.45) is 0 Å². The van der Waals surface area contributed by atoms with Crippen LogP contribution >= 0.6 is 0 Å². The van der Waals surface area contributed by atoms with Gasteiger partial charge in [-0.15, -0.1) is 0 Å². The molecule has 0 N–H and O–H groups in total. The first-order valence-electron chi connectivity index (χ1n) is 5.91. The highest BCUT2D eigenvalue weighted by Crippen LogP contribution is 2.19. The van der Waals surface area contributed by atoms with E-state index in [9.17, 15) is 4.79 Å². The molecule has 0 radical (unpaired) electrons. The third-order valence-corrected chi connectivity index (χ3v) is 2.84. The summed E-state index contributed by atoms with van der Waals surface area (Å²) in [7, 11) is 0. The highest BCUT2D eigenvalue weighted by Gasteiger charge is 2.06. The smallest absolute Gasteiger partial charge is 0.162 e. The summed E-state index contributed by atoms with van der Waals surface area (Å²) >= 11 is 0. The Bertz CT molecular complexity index is 511. The SMILES string of the molecule is CCC(=O)c1ccc(-c2ccnn2CC)cc1. The van der Waals surface area contributed by atoms with Crippen molar-refractivity contribution < 1.29 is 4.79 Å². The number of carbonyl (C=O) groups is 1. The van der Waals surface area contributed by atoms with E-state index < -0.39 is 0 Å². The number of benzene rings is 1. The monoisotopic (exact) mass is 228 g/mol. The second kappa shape index (κ2) is 4.95. The first-order chi connectivity index (χ1) is 8.26. The quantitative estimate of drug-likeness (QED) is 0.753. The molecule has 0 spiro atoms. The van der Waals surface area contributed by atoms with Crippen molar-refractivity contribution in [1.29, 1.82) is 0 Å². The molecule has 0 unspecified atom stereocenters. The number of hydrogen-bond acceptors (Lipinski definition) is 2. The van der Waals surface area contributed by atoms with E-state index in [1.807, 2.05) is 41.9 Å². The molecule has 0 atom stereocenters. The molecule has 0 saturated carbocycles. The Kier molecular flexibility index (Phi) is 3.38. The van der Waals surface area contributed by atoms with Gasteiger partial charge >= 0.3 is 0 Å². The summed E-state index contributed by atoms with van der Waals surface area (Å²) in [5.41, 5.74) is 2.96. The van der Waals surface area contributed by atoms with Gasteiger partial charge in [0.25, 0.3) is 0 Å². The number of rotatable bonds is 4. The fourth-order valence-corrected chi connectivity index (χ4v) is 1.86. The second-order valence-electron chi connectivity index (χ2n) is 3.89. The second-order valence-corrected chi connectivity index (χ2v) is 3.89. The van der Waals surface area contributed by atoms with Crippen LogP contribution in [0.15, 0.2) is 36.5 Å². The van der Waals surface area contributed by atoms with Crippen molar-refractivity contribution in [3.05, 3.63) is 42.1 Å². The molecule has 1 aromatic carbocycles. The van der Waals surface area contributed by atoms with Crippen molar-refractivity contribution in [3.63, 3.8) is 0 Å². The van der Waals surface area contributed by atoms with Gasteiger partial charge in [0.1, 0.15) is 0 Å². The summed E-state index contributed by atoms with van der Waals surface area (Å²) in [5.74, 6) is 0.181. The van der Waals surface area contributed by atoms with Gasteiger partial charge in [0, 0.05) is 24.7 Å². The summed E-state index contributed by atoms with van der Waals surface area (Å²) in [6.07, 6.45) is 2.34. The largest absolute Gasteiger partial charge is 0.294 e. The lowest BCUT2D eigenvalue weighted by Gasteiger charge is -2.05. The summed E-state index contributed by atoms with van der Waals surface area (Å²) < 4.78 is 1.94. The zero-order valence-electron chi connectivity index (χ0n) is 10.2. The predicted octanol–water partition coefficient (Wildman–Crippen LogP) is 3.16. The van der Waals surface area contributed by atoms with Crippen molar-refractivity contribution in [1.82, 2.24) is 9.78 Å². The summed E-state index contributed by atoms with van der Waals surface area (Å²) in [6, 6.07) is 9.71. The Balaban J connectivity index is 2.32. The summed E-state index contributed by atoms with van der Waals surface area (Å²) in [4.78, 5) is 11.5. The Morgan fingerprint density at radius 2 is 1.88 bits per heavy atom. The van der Waals surface area contributed by atoms with E-state index in [0.717, 1.165) is 23.4 Å². The number of hydrogen-bond donors (Lipinski definition) is 0. The van der Waals surface area contributed by atoms with Gasteiger partial charge in [-0.2, -0.15) is 5.10 Å². The van der Waals surface area contributed by atoms with Gasteiger partial charge in [-0.3, -0.25) is 9.48 Å². The lowest BCUT2D eigenvalue weighted by atomic mass is 10.1. The Labute approximate surface area is 101 Å². The number of aryl methyl sites for hydroxylation is 1. The van der Waals surface area contributed by atoms with Crippen LogP contribution in [-0.2, 0) is 6.54 Å². The summed E-state index contributed by atoms with van der Waals surface area (Å²) in [6.45, 7) is 4.78. The van der Waals surface area contributed by atoms with E-state index in [4.69, 9.17) is 0 Å². The van der Waals surface area contributed by atoms with Crippen molar-refractivity contribution in [2.45, 2.75) is 26.8 Å². The fraction of sp³-hybridized carbons (Fsp3) is 0.286. The molecule has 0 fully saturated rings. The first-order valence-corrected chi connectivity index (χ1v) is 5.91. The molecule has 0 bridgehead atoms. The molecular formula is C14H16N2O. The molecule has 0 aliphatic heterocycles. The van der Waals surface area contributed by atoms with Crippen LogP contribution in [0.25, 0.3) is 11.3 Å². The topological polar surface area (TPSA) is 34.9 Å². The minimum Gasteiger partial charge on any atom is -0.294 e. The molecule has 2 aromatic rings. The predicted molar refractivity (Wildman–Crippen MR) is 68.0 cm³/mol. The summed E-state index contributed by atoms with van der Waals surface area (Å²) in [5, 5.41) is 4.23. The van der Waals surface area contributed by atoms with Gasteiger partial charge in [-0.05, 0) is 18.6 Å². The lowest BCUT2D eigenvalue weighted by molar-refractivity contribution is 0.0988. The molecule has 3 heteroatoms. The lowest BCUT2D eigenvalue weighted by Crippen LogP contribution is -1.99. The Morgan fingerprint density at radius 3 is 2.47 bits per heavy atom. The zero-order valence-corrected chi connectivity index (χ0v) is 10.2. The first kappa shape index (κ1) is 11.6. The van der Waals surface area contributed by atoms with Crippen molar-refractivity contribution in [2.75, 3.05) is 0 Å². The number of nitrogens with zero attached hydrogens (tertiary/aromatic N) is 2. The van der Waals surface area contributed by atoms with Crippen LogP contribution in [0, 0.1) is 0 Å². The normalized spacial score (nSPS) is 10.5. The average molecular weight is 228 g/mol. The van der Waals surface area contributed by atoms with E-state index in [2.05, 4.69) is 12.0 Å². The van der Waals surface area contributed by atoms with Gasteiger partial charge in [-0.25, -0.2) is 0 Å². The van der Waals surface area contributed by atoms with Crippen LogP contribution in [0.5, 0.6) is 0 Å². The standard InChI is InChI=1S/C14H16N2O/c1-3-14(17)12-7-5-11(6-8-12)13-9-10-15-16(13)4-2/h5-10H,3-4H2,1-2H3. The third-order valence-electron chi connectivity index (χ3n) is 2.84. The van der Waals surface area contributed by atoms with Gasteiger partial charge in [0.2, 0.25) is 0 Å². The van der Waals surface area contributed by atoms with E-state index in [0.29, 0.717) is 6.42 Å². The highest BCUT2D eigenvalue weighted by atomic mass is 16.1. The number of Topliss-reactive ketones (excluding diaryl/α,β-unsaturated/α-hetero) is 1. The highest BCUT2D eigenvalue weighted by molar-refractivity contribution is 5.96. The molecule has 88 valence electrons. The molecule has 0 aliphatic rings. The Hall–Kier alpha value is -1.90. The molecule has 0 aliphatic carbocycles. The molecule has 0 saturated heterocycles. The van der Waals surface area contributed by atoms with Gasteiger partial charge in [0.05, 0.1) is 5.69 Å². The number of ketones is 1. The molecule has 2 rings (SSSR count). The molecule has 1 heterocycles. The maximum Gasteiger partial charge on any atom is 0.162 e. The van der Waals surface area contributed by atoms with Crippen LogP contribution < -0.4 is 0 Å². The van der Waals surface area contributed by atoms with E-state index in [1.54, 1.807) is 6.20 Å². The van der Waals surface area contributed by atoms with E-state index in [1.165, 1.54) is 0 Å². The van der Waals surface area contributed by atoms with Crippen molar-refractivity contribution >= 4 is 5.78 Å². The van der Waals surface area contributed by atoms with Crippen LogP contribution in [-0.4, -0.2) is 15.6 Å². The molecule has 3 nitrogen and oxygen atoms in total. The van der Waals surface area contributed by atoms with Gasteiger partial charge < -0.3 is 0 Å². The van der Waals surface area contributed by atoms with Crippen LogP contribution in [0.3, 0.4) is 0 Å². The van der Waals surface area contributed by atoms with Crippen LogP contribution in [0.2, 0.25) is 0 Å². The van der Waals surface area contributed by atoms with Gasteiger partial charge in [-0.1, -0.05) is 31.2 Å². The molecule has 1 aromatic heterocycles. The minimum absolute atomic E-state index is 0.181. The van der Waals surface area contributed by atoms with Gasteiger partial charge in [0.15, 0.2) is 5.78 Å². The van der Waals surface area contributed by atoms with E-state index in [-0.39, 0.29) is 5.78 Å². The maximum absolute atomic E-state index is 11.5. The van der Waals surface area contributed by atoms with Crippen LogP contribution in [0.4, 0.5) is 0 Å².